The molecule has 142 valence electrons. The summed E-state index contributed by atoms with van der Waals surface area (Å²) in [6.45, 7) is 3.70. The lowest BCUT2D eigenvalue weighted by molar-refractivity contribution is -0.138. The van der Waals surface area contributed by atoms with E-state index < -0.39 is 27.9 Å². The minimum atomic E-state index is -3.90. The molecule has 0 spiro atoms. The normalized spacial score (nSPS) is 17.6. The third-order valence-electron chi connectivity index (χ3n) is 4.38. The van der Waals surface area contributed by atoms with Crippen LogP contribution >= 0.6 is 0 Å². The molecule has 1 unspecified atom stereocenters. The first kappa shape index (κ1) is 19.3. The topological polar surface area (TPSA) is 63.7 Å². The number of ether oxygens (including phenoxy) is 1. The summed E-state index contributed by atoms with van der Waals surface area (Å²) < 4.78 is 46.4. The molecule has 0 aromatic heterocycles. The molecule has 27 heavy (non-hydrogen) atoms. The van der Waals surface area contributed by atoms with E-state index in [-0.39, 0.29) is 23.6 Å². The number of halogens is 1. The lowest BCUT2D eigenvalue weighted by Crippen LogP contribution is -2.33. The van der Waals surface area contributed by atoms with Gasteiger partial charge in [-0.2, -0.15) is 4.31 Å². The summed E-state index contributed by atoms with van der Waals surface area (Å²) in [4.78, 5) is 12.5. The Kier molecular flexibility index (Phi) is 5.43. The number of carbonyl (C=O) groups excluding carboxylic acids is 1. The molecule has 0 amide bonds. The Labute approximate surface area is 158 Å². The molecule has 3 rings (SSSR count). The van der Waals surface area contributed by atoms with Crippen LogP contribution in [0.1, 0.15) is 24.1 Å². The maximum Gasteiger partial charge on any atom is 0.335 e. The summed E-state index contributed by atoms with van der Waals surface area (Å²) in [6, 6.07) is 11.1. The van der Waals surface area contributed by atoms with Crippen LogP contribution in [0.2, 0.25) is 0 Å². The van der Waals surface area contributed by atoms with Gasteiger partial charge in [-0.3, -0.25) is 0 Å². The van der Waals surface area contributed by atoms with Gasteiger partial charge in [-0.25, -0.2) is 17.6 Å². The van der Waals surface area contributed by atoms with Crippen molar-refractivity contribution in [2.24, 2.45) is 0 Å². The van der Waals surface area contributed by atoms with Crippen molar-refractivity contribution in [1.82, 2.24) is 4.31 Å². The van der Waals surface area contributed by atoms with Gasteiger partial charge in [0.15, 0.2) is 0 Å². The zero-order valence-electron chi connectivity index (χ0n) is 15.1. The first-order valence-corrected chi connectivity index (χ1v) is 9.99. The van der Waals surface area contributed by atoms with Crippen molar-refractivity contribution in [1.29, 1.82) is 0 Å². The van der Waals surface area contributed by atoms with Gasteiger partial charge >= 0.3 is 5.97 Å². The van der Waals surface area contributed by atoms with Crippen LogP contribution in [-0.2, 0) is 19.6 Å². The molecule has 0 bridgehead atoms. The van der Waals surface area contributed by atoms with Crippen LogP contribution in [0, 0.1) is 12.7 Å². The number of aryl methyl sites for hydroxylation is 1. The van der Waals surface area contributed by atoms with E-state index >= 15 is 0 Å². The zero-order valence-corrected chi connectivity index (χ0v) is 15.9. The smallest absolute Gasteiger partial charge is 0.335 e. The Bertz CT molecular complexity index is 983. The molecule has 0 aliphatic carbocycles. The van der Waals surface area contributed by atoms with Crippen LogP contribution in [0.4, 0.5) is 4.39 Å². The van der Waals surface area contributed by atoms with Gasteiger partial charge in [-0.05, 0) is 43.7 Å². The van der Waals surface area contributed by atoms with E-state index in [4.69, 9.17) is 4.74 Å². The number of hydrogen-bond acceptors (Lipinski definition) is 4. The number of carbonyl (C=O) groups is 1. The number of esters is 1. The molecule has 1 heterocycles. The van der Waals surface area contributed by atoms with Gasteiger partial charge in [0.2, 0.25) is 10.0 Å². The maximum absolute atomic E-state index is 13.8. The first-order valence-electron chi connectivity index (χ1n) is 8.55. The van der Waals surface area contributed by atoms with Crippen LogP contribution in [0.25, 0.3) is 0 Å². The molecule has 0 saturated carbocycles. The lowest BCUT2D eigenvalue weighted by Gasteiger charge is -2.26. The molecule has 1 aliphatic heterocycles. The fourth-order valence-electron chi connectivity index (χ4n) is 3.07. The third-order valence-corrected chi connectivity index (χ3v) is 6.22. The maximum atomic E-state index is 13.8. The molecule has 0 N–H and O–H groups in total. The molecule has 0 radical (unpaired) electrons. The molecular weight excluding hydrogens is 369 g/mol. The number of sulfonamides is 1. The van der Waals surface area contributed by atoms with Crippen LogP contribution in [0.15, 0.2) is 65.1 Å². The Morgan fingerprint density at radius 3 is 2.56 bits per heavy atom. The second kappa shape index (κ2) is 7.62. The Morgan fingerprint density at radius 1 is 1.22 bits per heavy atom. The molecule has 1 atom stereocenters. The Balaban J connectivity index is 2.06. The van der Waals surface area contributed by atoms with Crippen molar-refractivity contribution >= 4 is 16.0 Å². The molecule has 0 saturated heterocycles. The van der Waals surface area contributed by atoms with Crippen LogP contribution in [0.3, 0.4) is 0 Å². The van der Waals surface area contributed by atoms with E-state index in [0.717, 1.165) is 5.56 Å². The first-order chi connectivity index (χ1) is 12.8. The van der Waals surface area contributed by atoms with E-state index in [1.165, 1.54) is 40.7 Å². The van der Waals surface area contributed by atoms with Crippen molar-refractivity contribution in [3.05, 3.63) is 77.1 Å². The van der Waals surface area contributed by atoms with E-state index in [2.05, 4.69) is 0 Å². The van der Waals surface area contributed by atoms with Gasteiger partial charge in [-0.1, -0.05) is 35.9 Å². The van der Waals surface area contributed by atoms with E-state index in [1.54, 1.807) is 25.1 Å². The summed E-state index contributed by atoms with van der Waals surface area (Å²) in [7, 11) is -3.90. The molecule has 1 aliphatic rings. The summed E-state index contributed by atoms with van der Waals surface area (Å²) in [5.41, 5.74) is 1.50. The van der Waals surface area contributed by atoms with Crippen molar-refractivity contribution in [3.63, 3.8) is 0 Å². The van der Waals surface area contributed by atoms with Gasteiger partial charge in [-0.15, -0.1) is 0 Å². The van der Waals surface area contributed by atoms with Crippen LogP contribution in [0.5, 0.6) is 0 Å². The zero-order chi connectivity index (χ0) is 19.6. The molecular formula is C20H20FNO4S. The van der Waals surface area contributed by atoms with E-state index in [9.17, 15) is 17.6 Å². The average Bonchev–Trinajstić information content (AvgIpc) is 3.08. The molecule has 5 nitrogen and oxygen atoms in total. The number of nitrogens with zero attached hydrogens (tertiary/aromatic N) is 1. The highest BCUT2D eigenvalue weighted by Gasteiger charge is 2.41. The highest BCUT2D eigenvalue weighted by Crippen LogP contribution is 2.38. The van der Waals surface area contributed by atoms with Crippen LogP contribution in [-0.4, -0.2) is 31.8 Å². The average molecular weight is 389 g/mol. The van der Waals surface area contributed by atoms with Crippen molar-refractivity contribution in [2.45, 2.75) is 24.8 Å². The summed E-state index contributed by atoms with van der Waals surface area (Å²) in [5.74, 6) is -1.11. The largest absolute Gasteiger partial charge is 0.463 e. The monoisotopic (exact) mass is 389 g/mol. The number of benzene rings is 2. The number of rotatable bonds is 5. The predicted octanol–water partition coefficient (Wildman–Crippen LogP) is 3.37. The third kappa shape index (κ3) is 3.79. The summed E-state index contributed by atoms with van der Waals surface area (Å²) in [6.07, 6.45) is 1.53. The minimum absolute atomic E-state index is 0.00549. The molecule has 7 heteroatoms. The second-order valence-electron chi connectivity index (χ2n) is 6.23. The standard InChI is InChI=1S/C20H20FNO4S/c1-3-26-20(23)18-11-12-22(19(18)15-5-4-6-16(21)13-15)27(24,25)17-9-7-14(2)8-10-17/h4-11,13,19H,3,12H2,1-2H3. The van der Waals surface area contributed by atoms with Gasteiger partial charge in [0.1, 0.15) is 5.82 Å². The second-order valence-corrected chi connectivity index (χ2v) is 8.12. The fraction of sp³-hybridized carbons (Fsp3) is 0.250. The van der Waals surface area contributed by atoms with Crippen LogP contribution < -0.4 is 0 Å². The van der Waals surface area contributed by atoms with Crippen molar-refractivity contribution in [2.75, 3.05) is 13.2 Å². The molecule has 2 aromatic carbocycles. The SMILES string of the molecule is CCOC(=O)C1=CCN(S(=O)(=O)c2ccc(C)cc2)C1c1cccc(F)c1. The predicted molar refractivity (Wildman–Crippen MR) is 98.9 cm³/mol. The van der Waals surface area contributed by atoms with Gasteiger partial charge in [0.25, 0.3) is 0 Å². The molecule has 0 fully saturated rings. The van der Waals surface area contributed by atoms with Gasteiger partial charge in [0.05, 0.1) is 23.1 Å². The quantitative estimate of drug-likeness (QED) is 0.736. The fourth-order valence-corrected chi connectivity index (χ4v) is 4.61. The highest BCUT2D eigenvalue weighted by atomic mass is 32.2. The van der Waals surface area contributed by atoms with Gasteiger partial charge < -0.3 is 4.74 Å². The lowest BCUT2D eigenvalue weighted by atomic mass is 10.0. The van der Waals surface area contributed by atoms with Crippen molar-refractivity contribution in [3.8, 4) is 0 Å². The number of hydrogen-bond donors (Lipinski definition) is 0. The minimum Gasteiger partial charge on any atom is -0.463 e. The highest BCUT2D eigenvalue weighted by molar-refractivity contribution is 7.89. The summed E-state index contributed by atoms with van der Waals surface area (Å²) >= 11 is 0. The Morgan fingerprint density at radius 2 is 1.93 bits per heavy atom. The molecule has 2 aromatic rings. The summed E-state index contributed by atoms with van der Waals surface area (Å²) in [5, 5.41) is 0. The van der Waals surface area contributed by atoms with E-state index in [0.29, 0.717) is 5.56 Å². The Hall–Kier alpha value is -2.51. The van der Waals surface area contributed by atoms with Gasteiger partial charge in [0, 0.05) is 6.54 Å². The van der Waals surface area contributed by atoms with E-state index in [1.807, 2.05) is 6.92 Å². The van der Waals surface area contributed by atoms with Crippen molar-refractivity contribution < 1.29 is 22.3 Å².